The van der Waals surface area contributed by atoms with E-state index in [0.717, 1.165) is 22.3 Å². The van der Waals surface area contributed by atoms with Gasteiger partial charge in [0.05, 0.1) is 7.11 Å². The van der Waals surface area contributed by atoms with Crippen LogP contribution in [0.4, 0.5) is 0 Å². The molecular formula is C17H22BrNO2. The Morgan fingerprint density at radius 1 is 1.38 bits per heavy atom. The monoisotopic (exact) mass is 351 g/mol. The number of amides is 1. The summed E-state index contributed by atoms with van der Waals surface area (Å²) >= 11 is 3.43. The van der Waals surface area contributed by atoms with E-state index in [1.807, 2.05) is 18.2 Å². The first kappa shape index (κ1) is 16.1. The van der Waals surface area contributed by atoms with Crippen LogP contribution < -0.4 is 10.1 Å². The highest BCUT2D eigenvalue weighted by molar-refractivity contribution is 9.10. The number of rotatable bonds is 5. The second-order valence-corrected chi connectivity index (χ2v) is 6.38. The number of methoxy groups -OCH3 is 1. The third-order valence-electron chi connectivity index (χ3n) is 3.90. The van der Waals surface area contributed by atoms with Crippen LogP contribution in [-0.2, 0) is 4.79 Å². The number of benzene rings is 1. The van der Waals surface area contributed by atoms with Crippen LogP contribution in [0.15, 0.2) is 28.7 Å². The van der Waals surface area contributed by atoms with Crippen molar-refractivity contribution in [3.63, 3.8) is 0 Å². The van der Waals surface area contributed by atoms with Crippen molar-refractivity contribution >= 4 is 27.9 Å². The molecule has 1 fully saturated rings. The molecule has 1 aromatic rings. The maximum Gasteiger partial charge on any atom is 0.244 e. The van der Waals surface area contributed by atoms with Crippen molar-refractivity contribution in [1.29, 1.82) is 0 Å². The topological polar surface area (TPSA) is 38.3 Å². The molecule has 0 atom stereocenters. The smallest absolute Gasteiger partial charge is 0.244 e. The number of ether oxygens (including phenoxy) is 1. The van der Waals surface area contributed by atoms with E-state index in [4.69, 9.17) is 4.74 Å². The fourth-order valence-electron chi connectivity index (χ4n) is 2.70. The number of carbonyl (C=O) groups excluding carboxylic acids is 1. The molecule has 1 aliphatic carbocycles. The first-order valence-electron chi connectivity index (χ1n) is 7.48. The van der Waals surface area contributed by atoms with Gasteiger partial charge in [0.25, 0.3) is 0 Å². The van der Waals surface area contributed by atoms with Crippen LogP contribution in [0.25, 0.3) is 6.08 Å². The quantitative estimate of drug-likeness (QED) is 0.808. The van der Waals surface area contributed by atoms with Gasteiger partial charge in [0.1, 0.15) is 5.75 Å². The molecule has 0 aromatic heterocycles. The zero-order valence-electron chi connectivity index (χ0n) is 12.4. The summed E-state index contributed by atoms with van der Waals surface area (Å²) < 4.78 is 6.25. The summed E-state index contributed by atoms with van der Waals surface area (Å²) in [6, 6.07) is 5.73. The van der Waals surface area contributed by atoms with Crippen molar-refractivity contribution in [1.82, 2.24) is 5.32 Å². The average molecular weight is 352 g/mol. The lowest BCUT2D eigenvalue weighted by Crippen LogP contribution is -2.28. The molecule has 3 nitrogen and oxygen atoms in total. The molecule has 0 radical (unpaired) electrons. The molecule has 1 aromatic carbocycles. The summed E-state index contributed by atoms with van der Waals surface area (Å²) in [5.41, 5.74) is 0.889. The van der Waals surface area contributed by atoms with E-state index in [9.17, 15) is 4.79 Å². The van der Waals surface area contributed by atoms with Gasteiger partial charge in [-0.05, 0) is 43.0 Å². The molecule has 1 amide bonds. The molecule has 0 saturated heterocycles. The zero-order chi connectivity index (χ0) is 15.1. The van der Waals surface area contributed by atoms with Gasteiger partial charge in [0.2, 0.25) is 5.91 Å². The third-order valence-corrected chi connectivity index (χ3v) is 4.39. The number of carbonyl (C=O) groups is 1. The van der Waals surface area contributed by atoms with Gasteiger partial charge < -0.3 is 10.1 Å². The van der Waals surface area contributed by atoms with Crippen molar-refractivity contribution in [2.75, 3.05) is 13.7 Å². The second kappa shape index (κ2) is 8.23. The van der Waals surface area contributed by atoms with E-state index in [1.54, 1.807) is 19.3 Å². The minimum atomic E-state index is -0.0393. The van der Waals surface area contributed by atoms with Gasteiger partial charge in [-0.15, -0.1) is 0 Å². The molecule has 2 rings (SSSR count). The molecule has 4 heteroatoms. The second-order valence-electron chi connectivity index (χ2n) is 5.47. The van der Waals surface area contributed by atoms with Crippen LogP contribution in [0.5, 0.6) is 5.75 Å². The number of hydrogen-bond acceptors (Lipinski definition) is 2. The fourth-order valence-corrected chi connectivity index (χ4v) is 3.07. The van der Waals surface area contributed by atoms with E-state index >= 15 is 0 Å². The van der Waals surface area contributed by atoms with Crippen LogP contribution in [0.1, 0.15) is 37.7 Å². The summed E-state index contributed by atoms with van der Waals surface area (Å²) in [4.78, 5) is 11.9. The fraction of sp³-hybridized carbons (Fsp3) is 0.471. The summed E-state index contributed by atoms with van der Waals surface area (Å²) in [6.45, 7) is 0.790. The normalized spacial score (nSPS) is 16.1. The largest absolute Gasteiger partial charge is 0.496 e. The van der Waals surface area contributed by atoms with E-state index in [1.165, 1.54) is 32.1 Å². The molecule has 1 saturated carbocycles. The van der Waals surface area contributed by atoms with Gasteiger partial charge in [0.15, 0.2) is 0 Å². The van der Waals surface area contributed by atoms with Gasteiger partial charge in [-0.2, -0.15) is 0 Å². The Labute approximate surface area is 134 Å². The van der Waals surface area contributed by atoms with Gasteiger partial charge in [-0.1, -0.05) is 35.2 Å². The summed E-state index contributed by atoms with van der Waals surface area (Å²) in [6.07, 6.45) is 9.78. The molecule has 21 heavy (non-hydrogen) atoms. The standard InChI is InChI=1S/C17H22BrNO2/c1-21-16-9-8-15(18)11-14(16)7-10-17(20)19-12-13-5-3-2-4-6-13/h7-11,13H,2-6,12H2,1H3,(H,19,20). The SMILES string of the molecule is COc1ccc(Br)cc1C=CC(=O)NCC1CCCCC1. The Morgan fingerprint density at radius 2 is 2.14 bits per heavy atom. The molecule has 0 aliphatic heterocycles. The van der Waals surface area contributed by atoms with E-state index in [-0.39, 0.29) is 5.91 Å². The Kier molecular flexibility index (Phi) is 6.30. The molecule has 114 valence electrons. The minimum Gasteiger partial charge on any atom is -0.496 e. The van der Waals surface area contributed by atoms with Crippen LogP contribution in [0.3, 0.4) is 0 Å². The maximum absolute atomic E-state index is 11.9. The van der Waals surface area contributed by atoms with E-state index in [2.05, 4.69) is 21.2 Å². The van der Waals surface area contributed by atoms with E-state index < -0.39 is 0 Å². The summed E-state index contributed by atoms with van der Waals surface area (Å²) in [5.74, 6) is 1.37. The summed E-state index contributed by atoms with van der Waals surface area (Å²) in [7, 11) is 1.63. The Balaban J connectivity index is 1.88. The first-order valence-corrected chi connectivity index (χ1v) is 8.28. The van der Waals surface area contributed by atoms with Crippen molar-refractivity contribution < 1.29 is 9.53 Å². The molecule has 0 heterocycles. The van der Waals surface area contributed by atoms with Crippen molar-refractivity contribution in [2.24, 2.45) is 5.92 Å². The van der Waals surface area contributed by atoms with Gasteiger partial charge >= 0.3 is 0 Å². The number of nitrogens with one attached hydrogen (secondary N) is 1. The molecule has 0 spiro atoms. The lowest BCUT2D eigenvalue weighted by molar-refractivity contribution is -0.116. The van der Waals surface area contributed by atoms with Gasteiger partial charge in [-0.25, -0.2) is 0 Å². The lowest BCUT2D eigenvalue weighted by atomic mass is 9.89. The predicted octanol–water partition coefficient (Wildman–Crippen LogP) is 4.17. The Morgan fingerprint density at radius 3 is 2.86 bits per heavy atom. The lowest BCUT2D eigenvalue weighted by Gasteiger charge is -2.21. The van der Waals surface area contributed by atoms with Crippen molar-refractivity contribution in [2.45, 2.75) is 32.1 Å². The highest BCUT2D eigenvalue weighted by Crippen LogP contribution is 2.24. The molecule has 0 unspecified atom stereocenters. The Hall–Kier alpha value is -1.29. The van der Waals surface area contributed by atoms with Crippen LogP contribution in [0.2, 0.25) is 0 Å². The van der Waals surface area contributed by atoms with Crippen molar-refractivity contribution in [3.8, 4) is 5.75 Å². The number of halogens is 1. The third kappa shape index (κ3) is 5.20. The van der Waals surface area contributed by atoms with Crippen LogP contribution in [0, 0.1) is 5.92 Å². The first-order chi connectivity index (χ1) is 10.2. The molecule has 1 aliphatic rings. The van der Waals surface area contributed by atoms with Gasteiger partial charge in [0, 0.05) is 22.7 Å². The van der Waals surface area contributed by atoms with Crippen molar-refractivity contribution in [3.05, 3.63) is 34.3 Å². The molecule has 1 N–H and O–H groups in total. The Bertz CT molecular complexity index is 508. The van der Waals surface area contributed by atoms with Gasteiger partial charge in [-0.3, -0.25) is 4.79 Å². The maximum atomic E-state index is 11.9. The van der Waals surface area contributed by atoms with Crippen LogP contribution >= 0.6 is 15.9 Å². The van der Waals surface area contributed by atoms with E-state index in [0.29, 0.717) is 5.92 Å². The zero-order valence-corrected chi connectivity index (χ0v) is 14.0. The van der Waals surface area contributed by atoms with Crippen LogP contribution in [-0.4, -0.2) is 19.6 Å². The highest BCUT2D eigenvalue weighted by Gasteiger charge is 2.13. The summed E-state index contributed by atoms with van der Waals surface area (Å²) in [5, 5.41) is 3.00. The highest BCUT2D eigenvalue weighted by atomic mass is 79.9. The molecule has 0 bridgehead atoms. The average Bonchev–Trinajstić information content (AvgIpc) is 2.52. The predicted molar refractivity (Wildman–Crippen MR) is 89.3 cm³/mol. The number of hydrogen-bond donors (Lipinski definition) is 1. The molecular weight excluding hydrogens is 330 g/mol. The minimum absolute atomic E-state index is 0.0393.